The van der Waals surface area contributed by atoms with E-state index in [1.54, 1.807) is 23.7 Å². The van der Waals surface area contributed by atoms with Crippen LogP contribution in [0.3, 0.4) is 0 Å². The Morgan fingerprint density at radius 2 is 2.17 bits per heavy atom. The molecule has 0 unspecified atom stereocenters. The van der Waals surface area contributed by atoms with Gasteiger partial charge in [-0.15, -0.1) is 11.3 Å². The maximum Gasteiger partial charge on any atom is 0.139 e. The van der Waals surface area contributed by atoms with E-state index in [-0.39, 0.29) is 0 Å². The average Bonchev–Trinajstić information content (AvgIpc) is 2.82. The molecule has 0 fully saturated rings. The summed E-state index contributed by atoms with van der Waals surface area (Å²) in [6.45, 7) is 4.62. The second kappa shape index (κ2) is 6.87. The monoisotopic (exact) mass is 326 g/mol. The van der Waals surface area contributed by atoms with Gasteiger partial charge in [-0.2, -0.15) is 0 Å². The Bertz CT molecular complexity index is 501. The van der Waals surface area contributed by atoms with Crippen molar-refractivity contribution < 1.29 is 4.74 Å². The first-order valence-corrected chi connectivity index (χ1v) is 7.40. The van der Waals surface area contributed by atoms with Gasteiger partial charge in [0, 0.05) is 27.0 Å². The third-order valence-electron chi connectivity index (χ3n) is 2.33. The summed E-state index contributed by atoms with van der Waals surface area (Å²) in [6.07, 6.45) is 3.46. The van der Waals surface area contributed by atoms with E-state index in [0.717, 1.165) is 23.3 Å². The van der Waals surface area contributed by atoms with Gasteiger partial charge in [-0.25, -0.2) is 0 Å². The lowest BCUT2D eigenvalue weighted by molar-refractivity contribution is 0.308. The zero-order valence-corrected chi connectivity index (χ0v) is 12.6. The van der Waals surface area contributed by atoms with Crippen molar-refractivity contribution in [2.24, 2.45) is 0 Å². The van der Waals surface area contributed by atoms with Gasteiger partial charge in [-0.1, -0.05) is 6.92 Å². The van der Waals surface area contributed by atoms with Crippen LogP contribution in [0.15, 0.2) is 35.1 Å². The molecule has 0 saturated heterocycles. The van der Waals surface area contributed by atoms with Gasteiger partial charge in [0.1, 0.15) is 12.4 Å². The van der Waals surface area contributed by atoms with Crippen LogP contribution in [0.2, 0.25) is 0 Å². The lowest BCUT2D eigenvalue weighted by Gasteiger charge is -2.04. The quantitative estimate of drug-likeness (QED) is 0.880. The Hall–Kier alpha value is -0.910. The van der Waals surface area contributed by atoms with Crippen molar-refractivity contribution in [1.82, 2.24) is 10.3 Å². The number of nitrogens with one attached hydrogen (secondary N) is 1. The topological polar surface area (TPSA) is 34.1 Å². The van der Waals surface area contributed by atoms with Crippen molar-refractivity contribution in [1.29, 1.82) is 0 Å². The first-order chi connectivity index (χ1) is 8.78. The predicted molar refractivity (Wildman–Crippen MR) is 78.0 cm³/mol. The SMILES string of the molecule is CCNCc1ccc(COc2cncc(Br)c2)s1. The molecule has 0 aliphatic carbocycles. The van der Waals surface area contributed by atoms with E-state index in [1.165, 1.54) is 9.75 Å². The minimum absolute atomic E-state index is 0.592. The van der Waals surface area contributed by atoms with Crippen LogP contribution >= 0.6 is 27.3 Å². The third-order valence-corrected chi connectivity index (χ3v) is 3.82. The van der Waals surface area contributed by atoms with Crippen molar-refractivity contribution in [3.05, 3.63) is 44.8 Å². The molecule has 2 heterocycles. The molecule has 0 aliphatic rings. The molecule has 1 N–H and O–H groups in total. The molecule has 0 saturated carbocycles. The maximum absolute atomic E-state index is 5.69. The summed E-state index contributed by atoms with van der Waals surface area (Å²) < 4.78 is 6.62. The van der Waals surface area contributed by atoms with Crippen molar-refractivity contribution in [3.8, 4) is 5.75 Å². The second-order valence-corrected chi connectivity index (χ2v) is 5.94. The van der Waals surface area contributed by atoms with Crippen LogP contribution in [0.4, 0.5) is 0 Å². The summed E-state index contributed by atoms with van der Waals surface area (Å²) in [7, 11) is 0. The fourth-order valence-electron chi connectivity index (χ4n) is 1.47. The molecule has 0 aromatic carbocycles. The van der Waals surface area contributed by atoms with Gasteiger partial charge in [-0.3, -0.25) is 4.98 Å². The number of hydrogen-bond acceptors (Lipinski definition) is 4. The molecule has 2 aromatic heterocycles. The van der Waals surface area contributed by atoms with Gasteiger partial charge < -0.3 is 10.1 Å². The standard InChI is InChI=1S/C13H15BrN2OS/c1-2-15-8-12-3-4-13(18-12)9-17-11-5-10(14)6-16-7-11/h3-7,15H,2,8-9H2,1H3. The molecular formula is C13H15BrN2OS. The molecule has 0 radical (unpaired) electrons. The summed E-state index contributed by atoms with van der Waals surface area (Å²) in [5.41, 5.74) is 0. The molecule has 0 aliphatic heterocycles. The Balaban J connectivity index is 1.88. The number of nitrogens with zero attached hydrogens (tertiary/aromatic N) is 1. The number of thiophene rings is 1. The molecule has 0 spiro atoms. The molecule has 0 bridgehead atoms. The van der Waals surface area contributed by atoms with E-state index in [1.807, 2.05) is 6.07 Å². The molecule has 0 atom stereocenters. The van der Waals surface area contributed by atoms with Crippen molar-refractivity contribution in [3.63, 3.8) is 0 Å². The average molecular weight is 327 g/mol. The third kappa shape index (κ3) is 4.08. The Morgan fingerprint density at radius 1 is 1.33 bits per heavy atom. The summed E-state index contributed by atoms with van der Waals surface area (Å²) >= 11 is 5.15. The molecule has 2 rings (SSSR count). The lowest BCUT2D eigenvalue weighted by atomic mass is 10.4. The molecule has 96 valence electrons. The van der Waals surface area contributed by atoms with E-state index in [0.29, 0.717) is 6.61 Å². The van der Waals surface area contributed by atoms with Crippen LogP contribution in [0, 0.1) is 0 Å². The molecule has 5 heteroatoms. The highest BCUT2D eigenvalue weighted by atomic mass is 79.9. The summed E-state index contributed by atoms with van der Waals surface area (Å²) in [5.74, 6) is 0.783. The number of halogens is 1. The molecule has 3 nitrogen and oxygen atoms in total. The van der Waals surface area contributed by atoms with Crippen molar-refractivity contribution >= 4 is 27.3 Å². The van der Waals surface area contributed by atoms with Crippen LogP contribution in [0.5, 0.6) is 5.75 Å². The van der Waals surface area contributed by atoms with Gasteiger partial charge in [0.15, 0.2) is 0 Å². The highest BCUT2D eigenvalue weighted by Gasteiger charge is 2.01. The summed E-state index contributed by atoms with van der Waals surface area (Å²) in [4.78, 5) is 6.62. The fraction of sp³-hybridized carbons (Fsp3) is 0.308. The highest BCUT2D eigenvalue weighted by Crippen LogP contribution is 2.20. The maximum atomic E-state index is 5.69. The van der Waals surface area contributed by atoms with Crippen molar-refractivity contribution in [2.45, 2.75) is 20.1 Å². The number of hydrogen-bond donors (Lipinski definition) is 1. The Kier molecular flexibility index (Phi) is 5.16. The molecule has 18 heavy (non-hydrogen) atoms. The van der Waals surface area contributed by atoms with Gasteiger partial charge in [0.05, 0.1) is 6.20 Å². The van der Waals surface area contributed by atoms with Crippen LogP contribution in [0.1, 0.15) is 16.7 Å². The number of pyridine rings is 1. The Morgan fingerprint density at radius 3 is 2.94 bits per heavy atom. The normalized spacial score (nSPS) is 10.6. The summed E-state index contributed by atoms with van der Waals surface area (Å²) in [5, 5.41) is 3.31. The van der Waals surface area contributed by atoms with Gasteiger partial charge >= 0.3 is 0 Å². The lowest BCUT2D eigenvalue weighted by Crippen LogP contribution is -2.10. The number of aromatic nitrogens is 1. The Labute approximate surface area is 119 Å². The first kappa shape index (κ1) is 13.5. The van der Waals surface area contributed by atoms with E-state index in [9.17, 15) is 0 Å². The molecule has 2 aromatic rings. The van der Waals surface area contributed by atoms with E-state index >= 15 is 0 Å². The zero-order valence-electron chi connectivity index (χ0n) is 10.1. The van der Waals surface area contributed by atoms with Gasteiger partial charge in [0.2, 0.25) is 0 Å². The minimum Gasteiger partial charge on any atom is -0.486 e. The number of ether oxygens (including phenoxy) is 1. The van der Waals surface area contributed by atoms with Crippen LogP contribution in [-0.2, 0) is 13.2 Å². The van der Waals surface area contributed by atoms with Crippen LogP contribution < -0.4 is 10.1 Å². The summed E-state index contributed by atoms with van der Waals surface area (Å²) in [6, 6.07) is 6.17. The molecular weight excluding hydrogens is 312 g/mol. The van der Waals surface area contributed by atoms with Crippen LogP contribution in [0.25, 0.3) is 0 Å². The largest absolute Gasteiger partial charge is 0.486 e. The zero-order chi connectivity index (χ0) is 12.8. The van der Waals surface area contributed by atoms with Crippen molar-refractivity contribution in [2.75, 3.05) is 6.54 Å². The molecule has 0 amide bonds. The van der Waals surface area contributed by atoms with Gasteiger partial charge in [-0.05, 0) is 40.7 Å². The van der Waals surface area contributed by atoms with Gasteiger partial charge in [0.25, 0.3) is 0 Å². The predicted octanol–water partition coefficient (Wildman–Crippen LogP) is 3.59. The first-order valence-electron chi connectivity index (χ1n) is 5.79. The van der Waals surface area contributed by atoms with E-state index in [4.69, 9.17) is 4.74 Å². The number of rotatable bonds is 6. The van der Waals surface area contributed by atoms with E-state index < -0.39 is 0 Å². The van der Waals surface area contributed by atoms with E-state index in [2.05, 4.69) is 45.3 Å². The smallest absolute Gasteiger partial charge is 0.139 e. The highest BCUT2D eigenvalue weighted by molar-refractivity contribution is 9.10. The fourth-order valence-corrected chi connectivity index (χ4v) is 2.71. The minimum atomic E-state index is 0.592. The second-order valence-electron chi connectivity index (χ2n) is 3.78. The van der Waals surface area contributed by atoms with Crippen LogP contribution in [-0.4, -0.2) is 11.5 Å².